The van der Waals surface area contributed by atoms with E-state index in [1.807, 2.05) is 6.92 Å². The molecule has 0 saturated carbocycles. The van der Waals surface area contributed by atoms with E-state index in [1.54, 1.807) is 6.08 Å². The van der Waals surface area contributed by atoms with Gasteiger partial charge in [0.2, 0.25) is 5.91 Å². The normalized spacial score (nSPS) is 10.4. The van der Waals surface area contributed by atoms with Gasteiger partial charge < -0.3 is 16.0 Å². The second kappa shape index (κ2) is 16.3. The predicted molar refractivity (Wildman–Crippen MR) is 96.7 cm³/mol. The quantitative estimate of drug-likeness (QED) is 0.174. The number of hydrogen-bond acceptors (Lipinski definition) is 2. The van der Waals surface area contributed by atoms with E-state index in [-0.39, 0.29) is 29.9 Å². The number of halogens is 1. The van der Waals surface area contributed by atoms with Crippen molar-refractivity contribution in [2.45, 2.75) is 39.5 Å². The first-order valence-electron chi connectivity index (χ1n) is 7.14. The first-order chi connectivity index (χ1) is 9.24. The van der Waals surface area contributed by atoms with Crippen molar-refractivity contribution in [1.29, 1.82) is 0 Å². The SMILES string of the molecule is C=CCNC(=NCCCC)NCCC(=O)NCCC.I. The van der Waals surface area contributed by atoms with E-state index in [4.69, 9.17) is 0 Å². The van der Waals surface area contributed by atoms with Crippen LogP contribution in [0.1, 0.15) is 39.5 Å². The number of guanidine groups is 1. The van der Waals surface area contributed by atoms with Gasteiger partial charge >= 0.3 is 0 Å². The van der Waals surface area contributed by atoms with Crippen molar-refractivity contribution in [1.82, 2.24) is 16.0 Å². The van der Waals surface area contributed by atoms with E-state index in [9.17, 15) is 4.79 Å². The Morgan fingerprint density at radius 2 is 1.90 bits per heavy atom. The van der Waals surface area contributed by atoms with Crippen LogP contribution in [0, 0.1) is 0 Å². The smallest absolute Gasteiger partial charge is 0.221 e. The molecule has 0 atom stereocenters. The number of nitrogens with zero attached hydrogens (tertiary/aromatic N) is 1. The summed E-state index contributed by atoms with van der Waals surface area (Å²) in [5.74, 6) is 0.822. The Kier molecular flexibility index (Phi) is 17.5. The molecule has 0 aliphatic heterocycles. The van der Waals surface area contributed by atoms with Crippen LogP contribution in [0.3, 0.4) is 0 Å². The lowest BCUT2D eigenvalue weighted by Crippen LogP contribution is -2.39. The maximum atomic E-state index is 11.4. The Bertz CT molecular complexity index is 282. The van der Waals surface area contributed by atoms with Gasteiger partial charge in [-0.05, 0) is 12.8 Å². The van der Waals surface area contributed by atoms with E-state index >= 15 is 0 Å². The summed E-state index contributed by atoms with van der Waals surface area (Å²) in [5.41, 5.74) is 0. The van der Waals surface area contributed by atoms with Crippen LogP contribution in [0.25, 0.3) is 0 Å². The van der Waals surface area contributed by atoms with Crippen LogP contribution in [-0.2, 0) is 4.79 Å². The lowest BCUT2D eigenvalue weighted by molar-refractivity contribution is -0.120. The summed E-state index contributed by atoms with van der Waals surface area (Å²) in [5, 5.41) is 9.13. The highest BCUT2D eigenvalue weighted by molar-refractivity contribution is 14.0. The molecule has 20 heavy (non-hydrogen) atoms. The molecule has 1 amide bonds. The molecule has 0 aromatic carbocycles. The summed E-state index contributed by atoms with van der Waals surface area (Å²) < 4.78 is 0. The molecule has 6 heteroatoms. The van der Waals surface area contributed by atoms with Crippen LogP contribution in [0.5, 0.6) is 0 Å². The lowest BCUT2D eigenvalue weighted by Gasteiger charge is -2.11. The summed E-state index contributed by atoms with van der Waals surface area (Å²) in [7, 11) is 0. The Balaban J connectivity index is 0. The molecule has 0 aromatic rings. The number of aliphatic imine (C=N–C) groups is 1. The predicted octanol–water partition coefficient (Wildman–Crippen LogP) is 2.04. The molecule has 0 aliphatic rings. The highest BCUT2D eigenvalue weighted by Gasteiger charge is 2.01. The minimum Gasteiger partial charge on any atom is -0.356 e. The van der Waals surface area contributed by atoms with Gasteiger partial charge in [0.15, 0.2) is 5.96 Å². The summed E-state index contributed by atoms with van der Waals surface area (Å²) in [6.45, 7) is 10.6. The van der Waals surface area contributed by atoms with E-state index in [0.717, 1.165) is 38.3 Å². The van der Waals surface area contributed by atoms with Crippen molar-refractivity contribution in [2.75, 3.05) is 26.2 Å². The minimum absolute atomic E-state index is 0. The molecule has 3 N–H and O–H groups in total. The Morgan fingerprint density at radius 1 is 1.15 bits per heavy atom. The van der Waals surface area contributed by atoms with Gasteiger partial charge in [-0.2, -0.15) is 0 Å². The van der Waals surface area contributed by atoms with E-state index in [1.165, 1.54) is 0 Å². The number of carbonyl (C=O) groups excluding carboxylic acids is 1. The zero-order chi connectivity index (χ0) is 14.3. The van der Waals surface area contributed by atoms with Crippen molar-refractivity contribution in [3.8, 4) is 0 Å². The molecule has 0 bridgehead atoms. The molecule has 5 nitrogen and oxygen atoms in total. The average Bonchev–Trinajstić information content (AvgIpc) is 2.42. The minimum atomic E-state index is 0. The number of amides is 1. The molecule has 118 valence electrons. The number of carbonyl (C=O) groups is 1. The molecular weight excluding hydrogens is 367 g/mol. The van der Waals surface area contributed by atoms with Crippen LogP contribution >= 0.6 is 24.0 Å². The van der Waals surface area contributed by atoms with Crippen LogP contribution in [-0.4, -0.2) is 38.0 Å². The highest BCUT2D eigenvalue weighted by Crippen LogP contribution is 1.87. The van der Waals surface area contributed by atoms with Crippen molar-refractivity contribution in [3.63, 3.8) is 0 Å². The van der Waals surface area contributed by atoms with Crippen molar-refractivity contribution in [2.24, 2.45) is 4.99 Å². The fourth-order valence-corrected chi connectivity index (χ4v) is 1.34. The number of hydrogen-bond donors (Lipinski definition) is 3. The van der Waals surface area contributed by atoms with Crippen LogP contribution < -0.4 is 16.0 Å². The molecule has 0 aliphatic carbocycles. The third-order valence-electron chi connectivity index (χ3n) is 2.41. The van der Waals surface area contributed by atoms with Gasteiger partial charge in [0, 0.05) is 32.6 Å². The average molecular weight is 396 g/mol. The van der Waals surface area contributed by atoms with Crippen LogP contribution in [0.2, 0.25) is 0 Å². The molecule has 0 radical (unpaired) electrons. The molecule has 0 saturated heterocycles. The fourth-order valence-electron chi connectivity index (χ4n) is 1.34. The summed E-state index contributed by atoms with van der Waals surface area (Å²) in [6, 6.07) is 0. The molecule has 0 unspecified atom stereocenters. The topological polar surface area (TPSA) is 65.5 Å². The Labute approximate surface area is 140 Å². The van der Waals surface area contributed by atoms with Crippen LogP contribution in [0.4, 0.5) is 0 Å². The van der Waals surface area contributed by atoms with Gasteiger partial charge in [0.25, 0.3) is 0 Å². The summed E-state index contributed by atoms with van der Waals surface area (Å²) in [6.07, 6.45) is 5.40. The monoisotopic (exact) mass is 396 g/mol. The first kappa shape index (κ1) is 21.5. The second-order valence-electron chi connectivity index (χ2n) is 4.28. The van der Waals surface area contributed by atoms with Gasteiger partial charge in [-0.3, -0.25) is 9.79 Å². The van der Waals surface area contributed by atoms with Gasteiger partial charge in [-0.1, -0.05) is 26.3 Å². The third kappa shape index (κ3) is 13.6. The van der Waals surface area contributed by atoms with E-state index in [2.05, 4.69) is 34.4 Å². The molecular formula is C14H29IN4O. The number of nitrogens with one attached hydrogen (secondary N) is 3. The third-order valence-corrected chi connectivity index (χ3v) is 2.41. The Hall–Kier alpha value is -0.790. The van der Waals surface area contributed by atoms with Crippen molar-refractivity contribution < 1.29 is 4.79 Å². The largest absolute Gasteiger partial charge is 0.356 e. The van der Waals surface area contributed by atoms with Crippen molar-refractivity contribution in [3.05, 3.63) is 12.7 Å². The van der Waals surface area contributed by atoms with Gasteiger partial charge in [-0.15, -0.1) is 30.6 Å². The molecule has 0 aromatic heterocycles. The van der Waals surface area contributed by atoms with E-state index < -0.39 is 0 Å². The highest BCUT2D eigenvalue weighted by atomic mass is 127. The summed E-state index contributed by atoms with van der Waals surface area (Å²) in [4.78, 5) is 15.9. The first-order valence-corrected chi connectivity index (χ1v) is 7.14. The number of unbranched alkanes of at least 4 members (excludes halogenated alkanes) is 1. The summed E-state index contributed by atoms with van der Waals surface area (Å²) >= 11 is 0. The van der Waals surface area contributed by atoms with Gasteiger partial charge in [-0.25, -0.2) is 0 Å². The van der Waals surface area contributed by atoms with Crippen molar-refractivity contribution >= 4 is 35.8 Å². The fraction of sp³-hybridized carbons (Fsp3) is 0.714. The Morgan fingerprint density at radius 3 is 2.50 bits per heavy atom. The lowest BCUT2D eigenvalue weighted by atomic mass is 10.3. The molecule has 0 rings (SSSR count). The maximum Gasteiger partial charge on any atom is 0.221 e. The van der Waals surface area contributed by atoms with Crippen LogP contribution in [0.15, 0.2) is 17.6 Å². The van der Waals surface area contributed by atoms with Gasteiger partial charge in [0.05, 0.1) is 0 Å². The van der Waals surface area contributed by atoms with Gasteiger partial charge in [0.1, 0.15) is 0 Å². The maximum absolute atomic E-state index is 11.4. The van der Waals surface area contributed by atoms with E-state index in [0.29, 0.717) is 19.5 Å². The zero-order valence-corrected chi connectivity index (χ0v) is 15.0. The number of rotatable bonds is 10. The standard InChI is InChI=1S/C14H28N4O.HI/c1-4-7-11-17-14(16-10-6-3)18-12-8-13(19)15-9-5-2;/h6H,3-5,7-12H2,1-2H3,(H,15,19)(H2,16,17,18);1H. The molecule has 0 spiro atoms. The zero-order valence-electron chi connectivity index (χ0n) is 12.7. The molecule has 0 fully saturated rings. The second-order valence-corrected chi connectivity index (χ2v) is 4.28. The molecule has 0 heterocycles.